The summed E-state index contributed by atoms with van der Waals surface area (Å²) in [4.78, 5) is 14.5. The Hall–Kier alpha value is -1.19. The number of rotatable bonds is 2. The minimum atomic E-state index is -1.26. The Kier molecular flexibility index (Phi) is 4.00. The molecule has 1 N–H and O–H groups in total. The van der Waals surface area contributed by atoms with Gasteiger partial charge >= 0.3 is 5.97 Å². The van der Waals surface area contributed by atoms with Crippen LogP contribution in [0.1, 0.15) is 5.56 Å². The second-order valence-corrected chi connectivity index (χ2v) is 4.20. The van der Waals surface area contributed by atoms with Crippen molar-refractivity contribution in [2.75, 3.05) is 0 Å². The first-order chi connectivity index (χ1) is 7.06. The highest BCUT2D eigenvalue weighted by atomic mass is 79.9. The molecule has 0 saturated heterocycles. The first-order valence-electron chi connectivity index (χ1n) is 3.70. The van der Waals surface area contributed by atoms with Gasteiger partial charge in [0, 0.05) is 26.9 Å². The van der Waals surface area contributed by atoms with Crippen LogP contribution in [-0.4, -0.2) is 16.1 Å². The first kappa shape index (κ1) is 11.9. The number of aliphatic carboxylic acids is 1. The smallest absolute Gasteiger partial charge is 0.346 e. The van der Waals surface area contributed by atoms with Gasteiger partial charge in [-0.15, -0.1) is 0 Å². The average molecular weight is 332 g/mol. The minimum absolute atomic E-state index is 0.331. The molecule has 0 bridgehead atoms. The quantitative estimate of drug-likeness (QED) is 0.667. The molecule has 0 aromatic carbocycles. The van der Waals surface area contributed by atoms with Crippen molar-refractivity contribution in [1.29, 1.82) is 5.26 Å². The second-order valence-electron chi connectivity index (χ2n) is 2.49. The molecular formula is C9H4Br2N2O2. The van der Waals surface area contributed by atoms with Gasteiger partial charge < -0.3 is 5.11 Å². The van der Waals surface area contributed by atoms with Gasteiger partial charge in [-0.25, -0.2) is 4.79 Å². The second kappa shape index (κ2) is 5.05. The predicted octanol–water partition coefficient (Wildman–Crippen LogP) is 2.60. The Balaban J connectivity index is 3.30. The number of carbonyl (C=O) groups is 1. The summed E-state index contributed by atoms with van der Waals surface area (Å²) in [7, 11) is 0. The van der Waals surface area contributed by atoms with Crippen LogP contribution in [0.15, 0.2) is 26.9 Å². The standard InChI is InChI=1S/C9H4Br2N2O2/c10-7-3-13-4-8(11)6(7)1-5(2-12)9(14)15/h1,3-4H,(H,14,15)/b5-1+. The van der Waals surface area contributed by atoms with Gasteiger partial charge in [-0.05, 0) is 37.9 Å². The highest BCUT2D eigenvalue weighted by Gasteiger charge is 2.09. The molecule has 1 rings (SSSR count). The van der Waals surface area contributed by atoms with E-state index in [4.69, 9.17) is 10.4 Å². The molecule has 0 radical (unpaired) electrons. The highest BCUT2D eigenvalue weighted by Crippen LogP contribution is 2.26. The van der Waals surface area contributed by atoms with Crippen LogP contribution in [0.5, 0.6) is 0 Å². The molecule has 4 nitrogen and oxygen atoms in total. The lowest BCUT2D eigenvalue weighted by molar-refractivity contribution is -0.132. The maximum atomic E-state index is 10.6. The van der Waals surface area contributed by atoms with Crippen molar-refractivity contribution in [1.82, 2.24) is 4.98 Å². The fourth-order valence-corrected chi connectivity index (χ4v) is 2.00. The van der Waals surface area contributed by atoms with Gasteiger partial charge in [0.25, 0.3) is 0 Å². The summed E-state index contributed by atoms with van der Waals surface area (Å²) in [5.41, 5.74) is 0.242. The molecule has 0 fully saturated rings. The zero-order valence-corrected chi connectivity index (χ0v) is 10.4. The van der Waals surface area contributed by atoms with E-state index in [0.29, 0.717) is 14.5 Å². The van der Waals surface area contributed by atoms with Crippen LogP contribution in [0.25, 0.3) is 6.08 Å². The summed E-state index contributed by atoms with van der Waals surface area (Å²) < 4.78 is 1.23. The van der Waals surface area contributed by atoms with E-state index in [1.165, 1.54) is 18.5 Å². The van der Waals surface area contributed by atoms with Gasteiger partial charge in [-0.1, -0.05) is 0 Å². The minimum Gasteiger partial charge on any atom is -0.477 e. The Labute approximate surface area is 103 Å². The number of nitriles is 1. The molecule has 0 unspecified atom stereocenters. The van der Waals surface area contributed by atoms with Crippen LogP contribution in [-0.2, 0) is 4.79 Å². The topological polar surface area (TPSA) is 74.0 Å². The Morgan fingerprint density at radius 1 is 1.47 bits per heavy atom. The van der Waals surface area contributed by atoms with Gasteiger partial charge in [0.2, 0.25) is 0 Å². The molecule has 1 aromatic heterocycles. The predicted molar refractivity (Wildman–Crippen MR) is 60.9 cm³/mol. The van der Waals surface area contributed by atoms with Gasteiger partial charge in [0.05, 0.1) is 0 Å². The molecule has 6 heteroatoms. The fraction of sp³-hybridized carbons (Fsp3) is 0. The molecule has 76 valence electrons. The lowest BCUT2D eigenvalue weighted by atomic mass is 10.2. The van der Waals surface area contributed by atoms with Crippen molar-refractivity contribution in [3.8, 4) is 6.07 Å². The number of carboxylic acids is 1. The number of halogens is 2. The molecule has 0 atom stereocenters. The number of pyridine rings is 1. The van der Waals surface area contributed by atoms with Gasteiger partial charge in [0.15, 0.2) is 0 Å². The summed E-state index contributed by atoms with van der Waals surface area (Å²) >= 11 is 6.43. The number of hydrogen-bond acceptors (Lipinski definition) is 3. The summed E-state index contributed by atoms with van der Waals surface area (Å²) in [5, 5.41) is 17.3. The molecule has 15 heavy (non-hydrogen) atoms. The van der Waals surface area contributed by atoms with E-state index in [2.05, 4.69) is 36.8 Å². The van der Waals surface area contributed by atoms with Gasteiger partial charge in [0.1, 0.15) is 11.6 Å². The van der Waals surface area contributed by atoms with E-state index in [9.17, 15) is 4.79 Å². The molecular weight excluding hydrogens is 328 g/mol. The van der Waals surface area contributed by atoms with E-state index in [1.807, 2.05) is 0 Å². The average Bonchev–Trinajstić information content (AvgIpc) is 2.17. The lowest BCUT2D eigenvalue weighted by Crippen LogP contribution is -1.98. The number of aromatic nitrogens is 1. The summed E-state index contributed by atoms with van der Waals surface area (Å²) in [6, 6.07) is 1.60. The maximum absolute atomic E-state index is 10.6. The van der Waals surface area contributed by atoms with Crippen LogP contribution in [0.4, 0.5) is 0 Å². The monoisotopic (exact) mass is 330 g/mol. The van der Waals surface area contributed by atoms with Crippen molar-refractivity contribution < 1.29 is 9.90 Å². The van der Waals surface area contributed by atoms with Crippen LogP contribution in [0.2, 0.25) is 0 Å². The molecule has 1 heterocycles. The van der Waals surface area contributed by atoms with Crippen molar-refractivity contribution in [3.05, 3.63) is 32.5 Å². The van der Waals surface area contributed by atoms with E-state index < -0.39 is 5.97 Å². The van der Waals surface area contributed by atoms with Gasteiger partial charge in [-0.2, -0.15) is 5.26 Å². The number of nitrogens with zero attached hydrogens (tertiary/aromatic N) is 2. The Morgan fingerprint density at radius 2 is 2.00 bits per heavy atom. The highest BCUT2D eigenvalue weighted by molar-refractivity contribution is 9.11. The molecule has 0 amide bonds. The molecule has 0 saturated carbocycles. The van der Waals surface area contributed by atoms with Crippen molar-refractivity contribution >= 4 is 43.9 Å². The zero-order chi connectivity index (χ0) is 11.4. The SMILES string of the molecule is N#C/C(=C\c1c(Br)cncc1Br)C(=O)O. The van der Waals surface area contributed by atoms with Crippen LogP contribution in [0, 0.1) is 11.3 Å². The third-order valence-electron chi connectivity index (χ3n) is 1.53. The number of carboxylic acid groups (broad SMARTS) is 1. The summed E-state index contributed by atoms with van der Waals surface area (Å²) in [5.74, 6) is -1.26. The summed E-state index contributed by atoms with van der Waals surface area (Å²) in [6.45, 7) is 0. The zero-order valence-electron chi connectivity index (χ0n) is 7.24. The van der Waals surface area contributed by atoms with Crippen LogP contribution in [0.3, 0.4) is 0 Å². The molecule has 1 aromatic rings. The van der Waals surface area contributed by atoms with Crippen molar-refractivity contribution in [2.45, 2.75) is 0 Å². The third kappa shape index (κ3) is 2.88. The van der Waals surface area contributed by atoms with E-state index >= 15 is 0 Å². The largest absolute Gasteiger partial charge is 0.477 e. The Bertz CT molecular complexity index is 457. The van der Waals surface area contributed by atoms with E-state index in [-0.39, 0.29) is 5.57 Å². The van der Waals surface area contributed by atoms with E-state index in [1.54, 1.807) is 6.07 Å². The van der Waals surface area contributed by atoms with Crippen LogP contribution >= 0.6 is 31.9 Å². The Morgan fingerprint density at radius 3 is 2.40 bits per heavy atom. The molecule has 0 aliphatic heterocycles. The van der Waals surface area contributed by atoms with Crippen molar-refractivity contribution in [2.24, 2.45) is 0 Å². The number of hydrogen-bond donors (Lipinski definition) is 1. The molecule has 0 aliphatic carbocycles. The van der Waals surface area contributed by atoms with E-state index in [0.717, 1.165) is 0 Å². The molecule has 0 spiro atoms. The normalized spacial score (nSPS) is 10.9. The maximum Gasteiger partial charge on any atom is 0.346 e. The first-order valence-corrected chi connectivity index (χ1v) is 5.29. The van der Waals surface area contributed by atoms with Gasteiger partial charge in [-0.3, -0.25) is 4.98 Å². The molecule has 0 aliphatic rings. The lowest BCUT2D eigenvalue weighted by Gasteiger charge is -2.00. The van der Waals surface area contributed by atoms with Crippen molar-refractivity contribution in [3.63, 3.8) is 0 Å². The van der Waals surface area contributed by atoms with Crippen LogP contribution < -0.4 is 0 Å². The third-order valence-corrected chi connectivity index (χ3v) is 2.79. The fourth-order valence-electron chi connectivity index (χ4n) is 0.845. The summed E-state index contributed by atoms with van der Waals surface area (Å²) in [6.07, 6.45) is 4.32.